The van der Waals surface area contributed by atoms with Crippen LogP contribution in [0.3, 0.4) is 0 Å². The first-order valence-corrected chi connectivity index (χ1v) is 5.65. The Balaban J connectivity index is 2.82. The normalized spacial score (nSPS) is 10.6. The second-order valence-electron chi connectivity index (χ2n) is 2.38. The van der Waals surface area contributed by atoms with Crippen LogP contribution in [0.15, 0.2) is 18.2 Å². The van der Waals surface area contributed by atoms with E-state index in [0.29, 0.717) is 5.75 Å². The molecule has 1 aromatic carbocycles. The van der Waals surface area contributed by atoms with Crippen molar-refractivity contribution in [2.45, 2.75) is 6.92 Å². The third-order valence-electron chi connectivity index (χ3n) is 1.48. The van der Waals surface area contributed by atoms with Crippen LogP contribution >= 0.6 is 0 Å². The number of aromatic nitrogens is 1. The van der Waals surface area contributed by atoms with Gasteiger partial charge in [-0.25, -0.2) is 0 Å². The molecule has 0 saturated heterocycles. The first-order chi connectivity index (χ1) is 5.25. The Bertz CT molecular complexity index is 394. The molecule has 0 fully saturated rings. The van der Waals surface area contributed by atoms with Crippen molar-refractivity contribution < 1.29 is 5.11 Å². The predicted molar refractivity (Wildman–Crippen MR) is 45.1 cm³/mol. The molecule has 0 aliphatic rings. The summed E-state index contributed by atoms with van der Waals surface area (Å²) >= 11 is -0.185. The Morgan fingerprint density at radius 3 is 3.09 bits per heavy atom. The number of fused-ring (bicyclic) bond motifs is 1. The number of phenols is 1. The van der Waals surface area contributed by atoms with E-state index in [1.165, 1.54) is 7.11 Å². The molecule has 0 amide bonds. The third kappa shape index (κ3) is 1.26. The molecule has 56 valence electrons. The fourth-order valence-corrected chi connectivity index (χ4v) is 3.34. The Labute approximate surface area is 74.1 Å². The van der Waals surface area contributed by atoms with Gasteiger partial charge in [-0.1, -0.05) is 0 Å². The Kier molecular flexibility index (Phi) is 1.63. The van der Waals surface area contributed by atoms with Crippen LogP contribution < -0.4 is 0 Å². The van der Waals surface area contributed by atoms with Gasteiger partial charge in [0.2, 0.25) is 0 Å². The first-order valence-electron chi connectivity index (χ1n) is 3.32. The molecule has 1 aromatic heterocycles. The fourth-order valence-electron chi connectivity index (χ4n) is 1.03. The number of aromatic hydroxyl groups is 1. The van der Waals surface area contributed by atoms with Gasteiger partial charge in [0.05, 0.1) is 0 Å². The molecule has 3 heteroatoms. The van der Waals surface area contributed by atoms with Gasteiger partial charge < -0.3 is 0 Å². The second kappa shape index (κ2) is 2.51. The molecule has 1 N–H and O–H groups in total. The second-order valence-corrected chi connectivity index (χ2v) is 5.91. The summed E-state index contributed by atoms with van der Waals surface area (Å²) in [6.45, 7) is 2.05. The molecule has 0 atom stereocenters. The zero-order chi connectivity index (χ0) is 7.84. The number of benzene rings is 1. The Hall–Kier alpha value is -0.520. The van der Waals surface area contributed by atoms with Crippen LogP contribution in [0.2, 0.25) is 0 Å². The van der Waals surface area contributed by atoms with Gasteiger partial charge in [-0.3, -0.25) is 0 Å². The van der Waals surface area contributed by atoms with Gasteiger partial charge in [-0.2, -0.15) is 0 Å². The van der Waals surface area contributed by atoms with Crippen molar-refractivity contribution in [1.82, 2.24) is 4.98 Å². The van der Waals surface area contributed by atoms with E-state index in [1.54, 1.807) is 12.1 Å². The van der Waals surface area contributed by atoms with Crippen LogP contribution in [0, 0.1) is 6.92 Å². The van der Waals surface area contributed by atoms with Gasteiger partial charge in [-0.05, 0) is 0 Å². The summed E-state index contributed by atoms with van der Waals surface area (Å²) in [6.07, 6.45) is 0. The molecule has 2 rings (SSSR count). The number of rotatable bonds is 0. The Morgan fingerprint density at radius 2 is 2.27 bits per heavy atom. The van der Waals surface area contributed by atoms with Gasteiger partial charge in [0, 0.05) is 0 Å². The zero-order valence-electron chi connectivity index (χ0n) is 6.03. The fraction of sp³-hybridized carbons (Fsp3) is 0.125. The summed E-state index contributed by atoms with van der Waals surface area (Å²) in [7, 11) is 0. The van der Waals surface area contributed by atoms with E-state index in [9.17, 15) is 0 Å². The molecule has 0 bridgehead atoms. The average molecular weight is 261 g/mol. The van der Waals surface area contributed by atoms with Crippen LogP contribution in [0.25, 0.3) is 8.92 Å². The van der Waals surface area contributed by atoms with Crippen LogP contribution in [0.5, 0.6) is 5.75 Å². The summed E-state index contributed by atoms with van der Waals surface area (Å²) in [5, 5.41) is 9.13. The zero-order valence-corrected chi connectivity index (χ0v) is 8.37. The topological polar surface area (TPSA) is 33.1 Å². The maximum atomic E-state index is 9.13. The quantitative estimate of drug-likeness (QED) is 0.725. The molecule has 0 aliphatic heterocycles. The number of nitrogens with zero attached hydrogens (tertiary/aromatic N) is 1. The summed E-state index contributed by atoms with van der Waals surface area (Å²) < 4.78 is 2.58. The van der Waals surface area contributed by atoms with Crippen molar-refractivity contribution in [3.63, 3.8) is 0 Å². The molecule has 2 aromatic rings. The van der Waals surface area contributed by atoms with E-state index >= 15 is 0 Å². The number of aryl methyl sites for hydroxylation is 1. The van der Waals surface area contributed by atoms with Gasteiger partial charge in [-0.15, -0.1) is 0 Å². The van der Waals surface area contributed by atoms with Crippen LogP contribution in [0.4, 0.5) is 0 Å². The maximum absolute atomic E-state index is 9.13. The minimum atomic E-state index is -0.185. The van der Waals surface area contributed by atoms with Crippen molar-refractivity contribution in [1.29, 1.82) is 0 Å². The van der Waals surface area contributed by atoms with Crippen LogP contribution in [-0.2, 0) is 0 Å². The number of phenolic OH excluding ortho intramolecular Hbond substituents is 1. The average Bonchev–Trinajstić information content (AvgIpc) is 2.27. The van der Waals surface area contributed by atoms with E-state index in [2.05, 4.69) is 11.9 Å². The van der Waals surface area contributed by atoms with Crippen molar-refractivity contribution in [3.05, 3.63) is 21.9 Å². The molecule has 2 nitrogen and oxygen atoms in total. The van der Waals surface area contributed by atoms with Crippen molar-refractivity contribution in [2.75, 3.05) is 0 Å². The van der Waals surface area contributed by atoms with Crippen LogP contribution in [0.1, 0.15) is 3.71 Å². The molecule has 0 spiro atoms. The van der Waals surface area contributed by atoms with E-state index in [-0.39, 0.29) is 20.4 Å². The molecule has 0 radical (unpaired) electrons. The SMILES string of the molecule is Cc1nc2cc(O)ccc2[te]1. The molecule has 0 saturated carbocycles. The van der Waals surface area contributed by atoms with Gasteiger partial charge in [0.1, 0.15) is 0 Å². The summed E-state index contributed by atoms with van der Waals surface area (Å²) in [6, 6.07) is 5.45. The van der Waals surface area contributed by atoms with Gasteiger partial charge in [0.25, 0.3) is 0 Å². The van der Waals surface area contributed by atoms with E-state index in [0.717, 1.165) is 5.52 Å². The molecule has 1 heterocycles. The third-order valence-corrected chi connectivity index (χ3v) is 4.19. The van der Waals surface area contributed by atoms with Crippen molar-refractivity contribution >= 4 is 29.3 Å². The van der Waals surface area contributed by atoms with E-state index in [1.807, 2.05) is 6.07 Å². The number of hydrogen-bond donors (Lipinski definition) is 1. The van der Waals surface area contributed by atoms with E-state index < -0.39 is 0 Å². The van der Waals surface area contributed by atoms with Gasteiger partial charge in [0.15, 0.2) is 0 Å². The summed E-state index contributed by atoms with van der Waals surface area (Å²) in [4.78, 5) is 4.33. The van der Waals surface area contributed by atoms with E-state index in [4.69, 9.17) is 5.11 Å². The molecule has 0 aliphatic carbocycles. The first kappa shape index (κ1) is 7.15. The van der Waals surface area contributed by atoms with Crippen LogP contribution in [-0.4, -0.2) is 30.5 Å². The van der Waals surface area contributed by atoms with Gasteiger partial charge >= 0.3 is 74.0 Å². The molecular weight excluding hydrogens is 254 g/mol. The molecular formula is C8H7NOTe. The van der Waals surface area contributed by atoms with Crippen molar-refractivity contribution in [3.8, 4) is 5.75 Å². The summed E-state index contributed by atoms with van der Waals surface area (Å²) in [5.74, 6) is 0.315. The number of hydrogen-bond acceptors (Lipinski definition) is 2. The molecule has 11 heavy (non-hydrogen) atoms. The Morgan fingerprint density at radius 1 is 1.45 bits per heavy atom. The predicted octanol–water partition coefficient (Wildman–Crippen LogP) is 1.31. The van der Waals surface area contributed by atoms with Crippen molar-refractivity contribution in [2.24, 2.45) is 0 Å². The minimum absolute atomic E-state index is 0.185. The molecule has 0 unspecified atom stereocenters. The monoisotopic (exact) mass is 263 g/mol. The summed E-state index contributed by atoms with van der Waals surface area (Å²) in [5.41, 5.74) is 0.977. The standard InChI is InChI=1S/C8H7NOTe/c1-5-9-7-4-6(10)2-3-8(7)11-5/h2-4,10H,1H3.